The van der Waals surface area contributed by atoms with Crippen molar-refractivity contribution < 1.29 is 9.59 Å². The first-order valence-corrected chi connectivity index (χ1v) is 12.1. The van der Waals surface area contributed by atoms with E-state index >= 15 is 0 Å². The van der Waals surface area contributed by atoms with Gasteiger partial charge >= 0.3 is 0 Å². The van der Waals surface area contributed by atoms with Gasteiger partial charge in [-0.05, 0) is 30.0 Å². The molecule has 0 aliphatic carbocycles. The van der Waals surface area contributed by atoms with E-state index in [-0.39, 0.29) is 18.1 Å². The molecule has 1 aromatic heterocycles. The van der Waals surface area contributed by atoms with Crippen LogP contribution in [0.4, 0.5) is 11.4 Å². The summed E-state index contributed by atoms with van der Waals surface area (Å²) in [5, 5.41) is 6.47. The zero-order valence-corrected chi connectivity index (χ0v) is 19.1. The molecule has 2 aromatic rings. The van der Waals surface area contributed by atoms with E-state index in [1.54, 1.807) is 0 Å². The van der Waals surface area contributed by atoms with Gasteiger partial charge in [-0.25, -0.2) is 0 Å². The largest absolute Gasteiger partial charge is 0.368 e. The van der Waals surface area contributed by atoms with Crippen molar-refractivity contribution in [3.8, 4) is 0 Å². The molecule has 0 bridgehead atoms. The molecule has 8 nitrogen and oxygen atoms in total. The van der Waals surface area contributed by atoms with E-state index in [4.69, 9.17) is 0 Å². The van der Waals surface area contributed by atoms with Crippen LogP contribution in [0.2, 0.25) is 0 Å². The minimum Gasteiger partial charge on any atom is -0.368 e. The van der Waals surface area contributed by atoms with Crippen LogP contribution in [-0.4, -0.2) is 66.5 Å². The predicted octanol–water partition coefficient (Wildman–Crippen LogP) is 2.75. The van der Waals surface area contributed by atoms with Gasteiger partial charge in [-0.3, -0.25) is 24.8 Å². The number of fused-ring (bicyclic) bond motifs is 3. The third kappa shape index (κ3) is 3.70. The SMILES string of the molecule is CCCN1C(=O)c2sccc2N2C(CCC(=O)N3CCN(c4ccccc4)CC3)=NNC12. The van der Waals surface area contributed by atoms with E-state index in [2.05, 4.69) is 39.4 Å². The maximum atomic E-state index is 12.9. The Hall–Kier alpha value is -3.07. The summed E-state index contributed by atoms with van der Waals surface area (Å²) in [5.74, 6) is 1.03. The number of nitrogens with one attached hydrogen (secondary N) is 1. The maximum absolute atomic E-state index is 12.9. The molecule has 9 heteroatoms. The number of rotatable bonds is 6. The Bertz CT molecular complexity index is 1010. The summed E-state index contributed by atoms with van der Waals surface area (Å²) in [6, 6.07) is 12.3. The highest BCUT2D eigenvalue weighted by Crippen LogP contribution is 2.36. The van der Waals surface area contributed by atoms with Crippen LogP contribution in [0.3, 0.4) is 0 Å². The number of para-hydroxylation sites is 1. The molecule has 32 heavy (non-hydrogen) atoms. The number of hydrogen-bond donors (Lipinski definition) is 1. The lowest BCUT2D eigenvalue weighted by Gasteiger charge is -2.39. The number of thiophene rings is 1. The number of piperazine rings is 1. The Kier molecular flexibility index (Phi) is 5.73. The maximum Gasteiger partial charge on any atom is 0.269 e. The molecule has 0 spiro atoms. The summed E-state index contributed by atoms with van der Waals surface area (Å²) in [7, 11) is 0. The second-order valence-corrected chi connectivity index (χ2v) is 9.15. The lowest BCUT2D eigenvalue weighted by Crippen LogP contribution is -2.58. The second-order valence-electron chi connectivity index (χ2n) is 8.24. The second kappa shape index (κ2) is 8.82. The van der Waals surface area contributed by atoms with Gasteiger partial charge in [0.1, 0.15) is 10.7 Å². The van der Waals surface area contributed by atoms with Crippen LogP contribution >= 0.6 is 11.3 Å². The van der Waals surface area contributed by atoms with E-state index in [1.165, 1.54) is 17.0 Å². The first-order chi connectivity index (χ1) is 15.7. The first-order valence-electron chi connectivity index (χ1n) is 11.2. The number of nitrogens with zero attached hydrogens (tertiary/aromatic N) is 5. The van der Waals surface area contributed by atoms with Crippen molar-refractivity contribution in [3.05, 3.63) is 46.7 Å². The fourth-order valence-electron chi connectivity index (χ4n) is 4.63. The standard InChI is InChI=1S/C23H28N6O2S/c1-2-11-28-22(31)21-18(10-16-32-21)29-19(24-25-23(28)29)8-9-20(30)27-14-12-26(13-15-27)17-6-4-3-5-7-17/h3-7,10,16,23,25H,2,8-9,11-15H2,1H3. The number of hydrogen-bond acceptors (Lipinski definition) is 7. The number of hydrazone groups is 1. The third-order valence-corrected chi connectivity index (χ3v) is 7.16. The van der Waals surface area contributed by atoms with Crippen molar-refractivity contribution in [2.75, 3.05) is 42.5 Å². The Balaban J connectivity index is 1.20. The summed E-state index contributed by atoms with van der Waals surface area (Å²) in [4.78, 5) is 34.7. The van der Waals surface area contributed by atoms with Gasteiger partial charge < -0.3 is 9.80 Å². The minimum absolute atomic E-state index is 0.0504. The van der Waals surface area contributed by atoms with Crippen molar-refractivity contribution in [2.24, 2.45) is 5.10 Å². The number of amides is 2. The Morgan fingerprint density at radius 3 is 2.69 bits per heavy atom. The average molecular weight is 453 g/mol. The molecule has 1 atom stereocenters. The third-order valence-electron chi connectivity index (χ3n) is 6.27. The number of carbonyl (C=O) groups is 2. The van der Waals surface area contributed by atoms with Crippen LogP contribution in [-0.2, 0) is 4.79 Å². The monoisotopic (exact) mass is 452 g/mol. The summed E-state index contributed by atoms with van der Waals surface area (Å²) < 4.78 is 0. The van der Waals surface area contributed by atoms with Crippen molar-refractivity contribution in [2.45, 2.75) is 32.5 Å². The predicted molar refractivity (Wildman–Crippen MR) is 127 cm³/mol. The number of carbonyl (C=O) groups excluding carboxylic acids is 2. The number of benzene rings is 1. The van der Waals surface area contributed by atoms with Crippen LogP contribution in [0.25, 0.3) is 0 Å². The molecule has 3 aliphatic heterocycles. The average Bonchev–Trinajstić information content (AvgIpc) is 3.48. The zero-order chi connectivity index (χ0) is 22.1. The quantitative estimate of drug-likeness (QED) is 0.730. The molecule has 2 amide bonds. The molecule has 0 radical (unpaired) electrons. The molecule has 3 aliphatic rings. The fourth-order valence-corrected chi connectivity index (χ4v) is 5.47. The highest BCUT2D eigenvalue weighted by atomic mass is 32.1. The van der Waals surface area contributed by atoms with E-state index < -0.39 is 0 Å². The van der Waals surface area contributed by atoms with Gasteiger partial charge in [0.2, 0.25) is 12.2 Å². The molecule has 1 aromatic carbocycles. The lowest BCUT2D eigenvalue weighted by atomic mass is 10.1. The molecule has 168 valence electrons. The Morgan fingerprint density at radius 1 is 1.16 bits per heavy atom. The first kappa shape index (κ1) is 20.8. The van der Waals surface area contributed by atoms with Gasteiger partial charge in [-0.1, -0.05) is 25.1 Å². The number of anilines is 2. The molecule has 1 fully saturated rings. The fraction of sp³-hybridized carbons (Fsp3) is 0.435. The van der Waals surface area contributed by atoms with Crippen molar-refractivity contribution in [3.63, 3.8) is 0 Å². The highest BCUT2D eigenvalue weighted by Gasteiger charge is 2.43. The van der Waals surface area contributed by atoms with Crippen LogP contribution < -0.4 is 15.2 Å². The van der Waals surface area contributed by atoms with Gasteiger partial charge in [0, 0.05) is 51.3 Å². The molecular formula is C23H28N6O2S. The van der Waals surface area contributed by atoms with Crippen LogP contribution in [0.1, 0.15) is 35.9 Å². The molecule has 0 saturated carbocycles. The Labute approximate surface area is 192 Å². The number of amidine groups is 1. The zero-order valence-electron chi connectivity index (χ0n) is 18.2. The van der Waals surface area contributed by atoms with Gasteiger partial charge in [-0.15, -0.1) is 11.3 Å². The minimum atomic E-state index is -0.302. The molecule has 1 saturated heterocycles. The molecule has 5 rings (SSSR count). The molecular weight excluding hydrogens is 424 g/mol. The lowest BCUT2D eigenvalue weighted by molar-refractivity contribution is -0.131. The summed E-state index contributed by atoms with van der Waals surface area (Å²) in [6.07, 6.45) is 1.53. The smallest absolute Gasteiger partial charge is 0.269 e. The van der Waals surface area contributed by atoms with Crippen LogP contribution in [0, 0.1) is 0 Å². The van der Waals surface area contributed by atoms with Crippen molar-refractivity contribution in [1.29, 1.82) is 0 Å². The van der Waals surface area contributed by atoms with Crippen molar-refractivity contribution in [1.82, 2.24) is 15.2 Å². The molecule has 1 N–H and O–H groups in total. The normalized spacial score (nSPS) is 20.1. The summed E-state index contributed by atoms with van der Waals surface area (Å²) in [6.45, 7) is 5.89. The van der Waals surface area contributed by atoms with E-state index in [1.807, 2.05) is 39.4 Å². The molecule has 4 heterocycles. The van der Waals surface area contributed by atoms with E-state index in [0.29, 0.717) is 19.4 Å². The van der Waals surface area contributed by atoms with Crippen LogP contribution in [0.15, 0.2) is 46.9 Å². The summed E-state index contributed by atoms with van der Waals surface area (Å²) >= 11 is 1.46. The van der Waals surface area contributed by atoms with E-state index in [9.17, 15) is 9.59 Å². The summed E-state index contributed by atoms with van der Waals surface area (Å²) in [5.41, 5.74) is 5.23. The Morgan fingerprint density at radius 2 is 1.94 bits per heavy atom. The van der Waals surface area contributed by atoms with Gasteiger partial charge in [-0.2, -0.15) is 5.10 Å². The highest BCUT2D eigenvalue weighted by molar-refractivity contribution is 7.12. The molecule has 1 unspecified atom stereocenters. The van der Waals surface area contributed by atoms with E-state index in [0.717, 1.165) is 49.0 Å². The topological polar surface area (TPSA) is 71.5 Å². The van der Waals surface area contributed by atoms with Gasteiger partial charge in [0.05, 0.1) is 5.69 Å². The van der Waals surface area contributed by atoms with Crippen LogP contribution in [0.5, 0.6) is 0 Å². The van der Waals surface area contributed by atoms with Gasteiger partial charge in [0.25, 0.3) is 5.91 Å². The van der Waals surface area contributed by atoms with Gasteiger partial charge in [0.15, 0.2) is 0 Å². The van der Waals surface area contributed by atoms with Crippen molar-refractivity contribution >= 4 is 40.4 Å².